The number of rotatable bonds is 3. The Morgan fingerprint density at radius 3 is 2.81 bits per heavy atom. The summed E-state index contributed by atoms with van der Waals surface area (Å²) >= 11 is 0. The fourth-order valence-corrected chi connectivity index (χ4v) is 2.81. The van der Waals surface area contributed by atoms with Crippen molar-refractivity contribution in [2.45, 2.75) is 31.5 Å². The van der Waals surface area contributed by atoms with E-state index in [1.54, 1.807) is 12.3 Å². The first-order valence-electron chi connectivity index (χ1n) is 7.19. The molecule has 2 heterocycles. The number of H-pyrrole nitrogens is 1. The van der Waals surface area contributed by atoms with Gasteiger partial charge in [0.15, 0.2) is 0 Å². The Hall–Kier alpha value is -1.69. The zero-order valence-corrected chi connectivity index (χ0v) is 11.6. The normalized spacial score (nSPS) is 19.9. The fraction of sp³-hybridized carbons (Fsp3) is 0.467. The van der Waals surface area contributed by atoms with Gasteiger partial charge in [0.1, 0.15) is 0 Å². The molecule has 0 spiro atoms. The molecule has 1 fully saturated rings. The Morgan fingerprint density at radius 2 is 2.10 bits per heavy atom. The van der Waals surface area contributed by atoms with Crippen LogP contribution < -0.4 is 10.6 Å². The van der Waals surface area contributed by atoms with Gasteiger partial charge in [0, 0.05) is 35.4 Å². The maximum atomic E-state index is 12.9. The molecule has 1 saturated heterocycles. The third-order valence-corrected chi connectivity index (χ3v) is 3.95. The zero-order valence-electron chi connectivity index (χ0n) is 11.6. The summed E-state index contributed by atoms with van der Waals surface area (Å²) in [7, 11) is 0. The Kier molecular flexibility index (Phi) is 3.80. The van der Waals surface area contributed by atoms with Gasteiger partial charge < -0.3 is 15.6 Å². The van der Waals surface area contributed by atoms with Crippen molar-refractivity contribution in [3.05, 3.63) is 30.0 Å². The first-order chi connectivity index (χ1) is 10.0. The average molecular weight is 297 g/mol. The maximum absolute atomic E-state index is 12.9. The molecule has 3 N–H and O–H groups in total. The number of halogens is 3. The molecule has 0 aliphatic carbocycles. The summed E-state index contributed by atoms with van der Waals surface area (Å²) in [6.45, 7) is 1.62. The highest BCUT2D eigenvalue weighted by Crippen LogP contribution is 2.35. The Labute approximate surface area is 120 Å². The van der Waals surface area contributed by atoms with E-state index in [0.717, 1.165) is 24.4 Å². The molecule has 1 aromatic heterocycles. The van der Waals surface area contributed by atoms with Crippen molar-refractivity contribution in [2.24, 2.45) is 0 Å². The number of nitrogens with one attached hydrogen (secondary N) is 3. The summed E-state index contributed by atoms with van der Waals surface area (Å²) in [4.78, 5) is 2.85. The van der Waals surface area contributed by atoms with Gasteiger partial charge in [-0.1, -0.05) is 6.42 Å². The van der Waals surface area contributed by atoms with E-state index in [1.165, 1.54) is 18.9 Å². The van der Waals surface area contributed by atoms with Gasteiger partial charge in [0.25, 0.3) is 0 Å². The number of fused-ring (bicyclic) bond motifs is 1. The lowest BCUT2D eigenvalue weighted by Gasteiger charge is -2.24. The van der Waals surface area contributed by atoms with Crippen LogP contribution in [0.5, 0.6) is 0 Å². The van der Waals surface area contributed by atoms with E-state index in [1.807, 2.05) is 0 Å². The van der Waals surface area contributed by atoms with Gasteiger partial charge in [-0.25, -0.2) is 0 Å². The molecule has 0 unspecified atom stereocenters. The average Bonchev–Trinajstić information content (AvgIpc) is 2.93. The Bertz CT molecular complexity index is 612. The summed E-state index contributed by atoms with van der Waals surface area (Å²) in [6, 6.07) is 4.46. The predicted molar refractivity (Wildman–Crippen MR) is 77.4 cm³/mol. The van der Waals surface area contributed by atoms with Gasteiger partial charge in [0.2, 0.25) is 0 Å². The second-order valence-electron chi connectivity index (χ2n) is 5.49. The molecule has 1 aliphatic heterocycles. The SMILES string of the molecule is FC(F)(F)c1cc(NC[C@H]2CCCCN2)c2cc[nH]c2c1. The summed E-state index contributed by atoms with van der Waals surface area (Å²) in [5, 5.41) is 7.35. The molecule has 1 aliphatic rings. The van der Waals surface area contributed by atoms with Crippen LogP contribution in [0.2, 0.25) is 0 Å². The number of piperidine rings is 1. The molecule has 114 valence electrons. The first-order valence-corrected chi connectivity index (χ1v) is 7.19. The minimum absolute atomic E-state index is 0.322. The molecule has 6 heteroatoms. The van der Waals surface area contributed by atoms with Crippen LogP contribution in [0, 0.1) is 0 Å². The highest BCUT2D eigenvalue weighted by atomic mass is 19.4. The molecule has 1 aromatic carbocycles. The van der Waals surface area contributed by atoms with E-state index in [0.29, 0.717) is 23.8 Å². The van der Waals surface area contributed by atoms with Crippen LogP contribution in [-0.4, -0.2) is 24.1 Å². The third kappa shape index (κ3) is 3.15. The topological polar surface area (TPSA) is 39.8 Å². The zero-order chi connectivity index (χ0) is 14.9. The highest BCUT2D eigenvalue weighted by Gasteiger charge is 2.31. The predicted octanol–water partition coefficient (Wildman–Crippen LogP) is 3.74. The van der Waals surface area contributed by atoms with Crippen molar-refractivity contribution >= 4 is 16.6 Å². The standard InChI is InChI=1S/C15H18F3N3/c16-15(17,18)10-7-13-12(4-6-20-13)14(8-10)21-9-11-3-1-2-5-19-11/h4,6-8,11,19-21H,1-3,5,9H2/t11-/m1/s1. The van der Waals surface area contributed by atoms with Gasteiger partial charge in [-0.05, 0) is 37.6 Å². The van der Waals surface area contributed by atoms with Crippen molar-refractivity contribution in [2.75, 3.05) is 18.4 Å². The van der Waals surface area contributed by atoms with E-state index in [9.17, 15) is 13.2 Å². The molecule has 3 rings (SSSR count). The van der Waals surface area contributed by atoms with Gasteiger partial charge in [-0.15, -0.1) is 0 Å². The minimum atomic E-state index is -4.33. The van der Waals surface area contributed by atoms with Crippen molar-refractivity contribution in [3.8, 4) is 0 Å². The van der Waals surface area contributed by atoms with Crippen molar-refractivity contribution < 1.29 is 13.2 Å². The molecule has 2 aromatic rings. The number of aromatic amines is 1. The highest BCUT2D eigenvalue weighted by molar-refractivity contribution is 5.92. The molecule has 0 saturated carbocycles. The van der Waals surface area contributed by atoms with E-state index >= 15 is 0 Å². The Morgan fingerprint density at radius 1 is 1.24 bits per heavy atom. The second-order valence-corrected chi connectivity index (χ2v) is 5.49. The van der Waals surface area contributed by atoms with Crippen LogP contribution in [0.3, 0.4) is 0 Å². The molecule has 0 amide bonds. The van der Waals surface area contributed by atoms with Crippen molar-refractivity contribution in [3.63, 3.8) is 0 Å². The lowest BCUT2D eigenvalue weighted by molar-refractivity contribution is -0.137. The molecular formula is C15H18F3N3. The van der Waals surface area contributed by atoms with Gasteiger partial charge >= 0.3 is 6.18 Å². The number of anilines is 1. The Balaban J connectivity index is 1.84. The second kappa shape index (κ2) is 5.60. The van der Waals surface area contributed by atoms with Crippen molar-refractivity contribution in [1.29, 1.82) is 0 Å². The van der Waals surface area contributed by atoms with E-state index < -0.39 is 11.7 Å². The third-order valence-electron chi connectivity index (χ3n) is 3.95. The van der Waals surface area contributed by atoms with Crippen LogP contribution >= 0.6 is 0 Å². The molecular weight excluding hydrogens is 279 g/mol. The lowest BCUT2D eigenvalue weighted by Crippen LogP contribution is -2.39. The molecule has 3 nitrogen and oxygen atoms in total. The molecule has 1 atom stereocenters. The van der Waals surface area contributed by atoms with Crippen LogP contribution in [0.15, 0.2) is 24.4 Å². The number of hydrogen-bond acceptors (Lipinski definition) is 2. The van der Waals surface area contributed by atoms with Gasteiger partial charge in [-0.3, -0.25) is 0 Å². The number of aromatic nitrogens is 1. The van der Waals surface area contributed by atoms with Gasteiger partial charge in [-0.2, -0.15) is 13.2 Å². The number of alkyl halides is 3. The van der Waals surface area contributed by atoms with E-state index in [4.69, 9.17) is 0 Å². The van der Waals surface area contributed by atoms with Crippen LogP contribution in [0.1, 0.15) is 24.8 Å². The monoisotopic (exact) mass is 297 g/mol. The quantitative estimate of drug-likeness (QED) is 0.807. The van der Waals surface area contributed by atoms with Crippen LogP contribution in [0.25, 0.3) is 10.9 Å². The van der Waals surface area contributed by atoms with Crippen molar-refractivity contribution in [1.82, 2.24) is 10.3 Å². The number of benzene rings is 1. The smallest absolute Gasteiger partial charge is 0.383 e. The van der Waals surface area contributed by atoms with Crippen LogP contribution in [0.4, 0.5) is 18.9 Å². The fourth-order valence-electron chi connectivity index (χ4n) is 2.81. The largest absolute Gasteiger partial charge is 0.416 e. The molecule has 0 bridgehead atoms. The summed E-state index contributed by atoms with van der Waals surface area (Å²) < 4.78 is 38.8. The summed E-state index contributed by atoms with van der Waals surface area (Å²) in [6.07, 6.45) is 0.722. The summed E-state index contributed by atoms with van der Waals surface area (Å²) in [5.74, 6) is 0. The van der Waals surface area contributed by atoms with Crippen LogP contribution in [-0.2, 0) is 6.18 Å². The maximum Gasteiger partial charge on any atom is 0.416 e. The molecule has 0 radical (unpaired) electrons. The van der Waals surface area contributed by atoms with Gasteiger partial charge in [0.05, 0.1) is 5.56 Å². The minimum Gasteiger partial charge on any atom is -0.383 e. The first kappa shape index (κ1) is 14.3. The number of hydrogen-bond donors (Lipinski definition) is 3. The molecule has 21 heavy (non-hydrogen) atoms. The van der Waals surface area contributed by atoms with E-state index in [2.05, 4.69) is 15.6 Å². The summed E-state index contributed by atoms with van der Waals surface area (Å²) in [5.41, 5.74) is 0.411. The van der Waals surface area contributed by atoms with E-state index in [-0.39, 0.29) is 0 Å². The lowest BCUT2D eigenvalue weighted by atomic mass is 10.0.